The zero-order valence-corrected chi connectivity index (χ0v) is 8.27. The molecule has 6 heteroatoms. The Bertz CT molecular complexity index is 212. The van der Waals surface area contributed by atoms with Gasteiger partial charge in [0.15, 0.2) is 0 Å². The van der Waals surface area contributed by atoms with Gasteiger partial charge in [-0.3, -0.25) is 9.48 Å². The van der Waals surface area contributed by atoms with Crippen molar-refractivity contribution in [3.63, 3.8) is 0 Å². The topological polar surface area (TPSA) is 68.0 Å². The van der Waals surface area contributed by atoms with Crippen molar-refractivity contribution in [2.45, 2.75) is 13.0 Å². The van der Waals surface area contributed by atoms with Crippen molar-refractivity contribution in [2.75, 3.05) is 0 Å². The first kappa shape index (κ1) is 10.6. The molecule has 55 valence electrons. The molecule has 1 heterocycles. The zero-order chi connectivity index (χ0) is 7.40. The summed E-state index contributed by atoms with van der Waals surface area (Å²) in [6.07, 6.45) is 3.23. The van der Waals surface area contributed by atoms with E-state index in [0.717, 1.165) is 0 Å². The minimum Gasteiger partial charge on any atom is -0.481 e. The average Bonchev–Trinajstić information content (AvgIpc) is 2.34. The summed E-state index contributed by atoms with van der Waals surface area (Å²) < 4.78 is 1.48. The van der Waals surface area contributed by atoms with Gasteiger partial charge in [-0.2, -0.15) is 0 Å². The number of carboxylic acid groups (broad SMARTS) is 1. The van der Waals surface area contributed by atoms with Crippen LogP contribution in [0.4, 0.5) is 0 Å². The fourth-order valence-corrected chi connectivity index (χ4v) is 0.562. The molecule has 1 aromatic heterocycles. The average molecular weight is 164 g/mol. The van der Waals surface area contributed by atoms with E-state index in [9.17, 15) is 4.79 Å². The van der Waals surface area contributed by atoms with E-state index in [1.54, 1.807) is 6.20 Å². The third-order valence-corrected chi connectivity index (χ3v) is 1.03. The monoisotopic (exact) mass is 164 g/mol. The predicted molar refractivity (Wildman–Crippen MR) is 38.0 cm³/mol. The third kappa shape index (κ3) is 4.13. The molecule has 0 spiro atoms. The van der Waals surface area contributed by atoms with Crippen LogP contribution in [0, 0.1) is 0 Å². The van der Waals surface area contributed by atoms with Gasteiger partial charge in [-0.25, -0.2) is 0 Å². The Kier molecular flexibility index (Phi) is 5.10. The van der Waals surface area contributed by atoms with E-state index >= 15 is 0 Å². The zero-order valence-electron chi connectivity index (χ0n) is 6.27. The van der Waals surface area contributed by atoms with Crippen LogP contribution in [0.3, 0.4) is 0 Å². The SMILES string of the molecule is O=C(O)CCn1ccnn1.[Na]. The molecule has 0 bridgehead atoms. The molecule has 0 amide bonds. The first-order valence-corrected chi connectivity index (χ1v) is 2.85. The quantitative estimate of drug-likeness (QED) is 0.604. The Balaban J connectivity index is 0.000001000. The van der Waals surface area contributed by atoms with Crippen molar-refractivity contribution in [3.05, 3.63) is 12.4 Å². The summed E-state index contributed by atoms with van der Waals surface area (Å²) in [5.74, 6) is -0.824. The Morgan fingerprint density at radius 3 is 2.82 bits per heavy atom. The third-order valence-electron chi connectivity index (χ3n) is 1.03. The van der Waals surface area contributed by atoms with Crippen LogP contribution in [-0.2, 0) is 11.3 Å². The number of rotatable bonds is 3. The molecule has 1 radical (unpaired) electrons. The Morgan fingerprint density at radius 2 is 2.36 bits per heavy atom. The fraction of sp³-hybridized carbons (Fsp3) is 0.400. The van der Waals surface area contributed by atoms with E-state index in [4.69, 9.17) is 5.11 Å². The van der Waals surface area contributed by atoms with E-state index in [0.29, 0.717) is 6.54 Å². The van der Waals surface area contributed by atoms with E-state index in [1.807, 2.05) is 0 Å². The summed E-state index contributed by atoms with van der Waals surface area (Å²) >= 11 is 0. The van der Waals surface area contributed by atoms with Crippen LogP contribution in [0.15, 0.2) is 12.4 Å². The van der Waals surface area contributed by atoms with Gasteiger partial charge >= 0.3 is 5.97 Å². The number of carboxylic acids is 1. The molecule has 1 aromatic rings. The van der Waals surface area contributed by atoms with Crippen molar-refractivity contribution in [3.8, 4) is 0 Å². The summed E-state index contributed by atoms with van der Waals surface area (Å²) in [5, 5.41) is 15.4. The first-order chi connectivity index (χ1) is 4.79. The van der Waals surface area contributed by atoms with Crippen molar-refractivity contribution >= 4 is 35.5 Å². The minimum atomic E-state index is -0.824. The Hall–Kier alpha value is -0.390. The standard InChI is InChI=1S/C5H7N3O2.Na/c9-5(10)1-3-8-4-2-6-7-8;/h2,4H,1,3H2,(H,9,10);. The fourth-order valence-electron chi connectivity index (χ4n) is 0.562. The smallest absolute Gasteiger partial charge is 0.305 e. The maximum Gasteiger partial charge on any atom is 0.305 e. The van der Waals surface area contributed by atoms with Gasteiger partial charge in [0.1, 0.15) is 0 Å². The van der Waals surface area contributed by atoms with Gasteiger partial charge in [0.25, 0.3) is 0 Å². The summed E-state index contributed by atoms with van der Waals surface area (Å²) in [6.45, 7) is 0.384. The Labute approximate surface area is 85.7 Å². The minimum absolute atomic E-state index is 0. The van der Waals surface area contributed by atoms with Crippen LogP contribution >= 0.6 is 0 Å². The second kappa shape index (κ2) is 5.29. The van der Waals surface area contributed by atoms with Gasteiger partial charge in [0.2, 0.25) is 0 Å². The van der Waals surface area contributed by atoms with E-state index in [1.165, 1.54) is 10.9 Å². The van der Waals surface area contributed by atoms with Gasteiger partial charge in [-0.15, -0.1) is 5.10 Å². The predicted octanol–water partition coefficient (Wildman–Crippen LogP) is -0.628. The van der Waals surface area contributed by atoms with Gasteiger partial charge < -0.3 is 5.11 Å². The van der Waals surface area contributed by atoms with E-state index in [2.05, 4.69) is 10.3 Å². The first-order valence-electron chi connectivity index (χ1n) is 2.85. The van der Waals surface area contributed by atoms with Crippen molar-refractivity contribution in [1.82, 2.24) is 15.0 Å². The number of aliphatic carboxylic acids is 1. The van der Waals surface area contributed by atoms with Crippen LogP contribution in [0.25, 0.3) is 0 Å². The molecule has 0 fully saturated rings. The summed E-state index contributed by atoms with van der Waals surface area (Å²) in [5.41, 5.74) is 0. The molecule has 5 nitrogen and oxygen atoms in total. The summed E-state index contributed by atoms with van der Waals surface area (Å²) in [4.78, 5) is 10.0. The van der Waals surface area contributed by atoms with Crippen molar-refractivity contribution in [1.29, 1.82) is 0 Å². The van der Waals surface area contributed by atoms with E-state index < -0.39 is 5.97 Å². The van der Waals surface area contributed by atoms with Crippen molar-refractivity contribution in [2.24, 2.45) is 0 Å². The number of hydrogen-bond donors (Lipinski definition) is 1. The summed E-state index contributed by atoms with van der Waals surface area (Å²) in [6, 6.07) is 0. The van der Waals surface area contributed by atoms with Gasteiger partial charge in [0, 0.05) is 35.8 Å². The molecule has 1 N–H and O–H groups in total. The van der Waals surface area contributed by atoms with Crippen molar-refractivity contribution < 1.29 is 9.90 Å². The number of aryl methyl sites for hydroxylation is 1. The van der Waals surface area contributed by atoms with Crippen LogP contribution in [0.2, 0.25) is 0 Å². The number of aromatic nitrogens is 3. The van der Waals surface area contributed by atoms with Crippen LogP contribution in [0.1, 0.15) is 6.42 Å². The number of carbonyl (C=O) groups is 1. The molecule has 0 saturated heterocycles. The molecule has 0 saturated carbocycles. The summed E-state index contributed by atoms with van der Waals surface area (Å²) in [7, 11) is 0. The molecule has 0 aliphatic carbocycles. The van der Waals surface area contributed by atoms with Crippen LogP contribution in [-0.4, -0.2) is 55.6 Å². The Morgan fingerprint density at radius 1 is 1.64 bits per heavy atom. The second-order valence-electron chi connectivity index (χ2n) is 1.81. The number of nitrogens with zero attached hydrogens (tertiary/aromatic N) is 3. The molecule has 0 unspecified atom stereocenters. The molecule has 0 aliphatic heterocycles. The molecule has 0 atom stereocenters. The van der Waals surface area contributed by atoms with E-state index in [-0.39, 0.29) is 36.0 Å². The molecule has 0 aliphatic rings. The molecule has 11 heavy (non-hydrogen) atoms. The number of hydrogen-bond acceptors (Lipinski definition) is 3. The maximum atomic E-state index is 10.0. The molecule has 1 rings (SSSR count). The van der Waals surface area contributed by atoms with Crippen LogP contribution < -0.4 is 0 Å². The largest absolute Gasteiger partial charge is 0.481 e. The van der Waals surface area contributed by atoms with Gasteiger partial charge in [0.05, 0.1) is 19.2 Å². The molecular weight excluding hydrogens is 157 g/mol. The van der Waals surface area contributed by atoms with Gasteiger partial charge in [-0.05, 0) is 0 Å². The van der Waals surface area contributed by atoms with Gasteiger partial charge in [-0.1, -0.05) is 5.21 Å². The molecule has 0 aromatic carbocycles. The normalized spacial score (nSPS) is 8.73. The molecular formula is C5H7N3NaO2. The van der Waals surface area contributed by atoms with Crippen LogP contribution in [0.5, 0.6) is 0 Å². The second-order valence-corrected chi connectivity index (χ2v) is 1.81. The maximum absolute atomic E-state index is 10.0.